The summed E-state index contributed by atoms with van der Waals surface area (Å²) in [7, 11) is 0. The number of carboxylic acid groups (broad SMARTS) is 1. The molecule has 2 nitrogen and oxygen atoms in total. The van der Waals surface area contributed by atoms with E-state index in [1.165, 1.54) is 0 Å². The highest BCUT2D eigenvalue weighted by Crippen LogP contribution is 2.22. The molecule has 0 amide bonds. The Morgan fingerprint density at radius 2 is 2.20 bits per heavy atom. The van der Waals surface area contributed by atoms with Gasteiger partial charge in [-0.25, -0.2) is 4.39 Å². The number of carboxylic acids is 1. The standard InChI is InChI=1S/C11H12BrFO2/c1-2-7-5-8(3-4-10(14)15)11(13)9(12)6-7/h5-6H,2-4H2,1H3,(H,14,15). The molecule has 0 aromatic heterocycles. The predicted molar refractivity (Wildman–Crippen MR) is 59.4 cm³/mol. The van der Waals surface area contributed by atoms with Crippen LogP contribution in [0, 0.1) is 5.82 Å². The number of hydrogen-bond donors (Lipinski definition) is 1. The van der Waals surface area contributed by atoms with Gasteiger partial charge in [0.15, 0.2) is 0 Å². The summed E-state index contributed by atoms with van der Waals surface area (Å²) >= 11 is 3.12. The van der Waals surface area contributed by atoms with Crippen LogP contribution in [-0.4, -0.2) is 11.1 Å². The number of aryl methyl sites for hydroxylation is 2. The van der Waals surface area contributed by atoms with Crippen LogP contribution < -0.4 is 0 Å². The summed E-state index contributed by atoms with van der Waals surface area (Å²) in [6.07, 6.45) is 0.989. The number of benzene rings is 1. The van der Waals surface area contributed by atoms with Crippen molar-refractivity contribution in [2.24, 2.45) is 0 Å². The summed E-state index contributed by atoms with van der Waals surface area (Å²) < 4.78 is 13.9. The first-order valence-electron chi connectivity index (χ1n) is 4.73. The SMILES string of the molecule is CCc1cc(Br)c(F)c(CCC(=O)O)c1. The second-order valence-corrected chi connectivity index (χ2v) is 4.15. The Hall–Kier alpha value is -0.900. The number of hydrogen-bond acceptors (Lipinski definition) is 1. The molecule has 15 heavy (non-hydrogen) atoms. The molecule has 0 unspecified atom stereocenters. The zero-order valence-corrected chi connectivity index (χ0v) is 9.97. The largest absolute Gasteiger partial charge is 0.481 e. The van der Waals surface area contributed by atoms with Crippen molar-refractivity contribution >= 4 is 21.9 Å². The van der Waals surface area contributed by atoms with E-state index in [2.05, 4.69) is 15.9 Å². The van der Waals surface area contributed by atoms with Gasteiger partial charge in [-0.3, -0.25) is 4.79 Å². The summed E-state index contributed by atoms with van der Waals surface area (Å²) in [6.45, 7) is 1.97. The molecule has 0 radical (unpaired) electrons. The normalized spacial score (nSPS) is 10.3. The molecule has 1 rings (SSSR count). The van der Waals surface area contributed by atoms with E-state index in [0.29, 0.717) is 10.0 Å². The molecule has 0 fully saturated rings. The first-order chi connectivity index (χ1) is 7.04. The highest BCUT2D eigenvalue weighted by atomic mass is 79.9. The molecule has 1 aromatic carbocycles. The molecule has 0 atom stereocenters. The third-order valence-corrected chi connectivity index (χ3v) is 2.76. The second-order valence-electron chi connectivity index (χ2n) is 3.30. The summed E-state index contributed by atoms with van der Waals surface area (Å²) in [5, 5.41) is 8.53. The Morgan fingerprint density at radius 1 is 1.53 bits per heavy atom. The lowest BCUT2D eigenvalue weighted by molar-refractivity contribution is -0.136. The third kappa shape index (κ3) is 3.30. The highest BCUT2D eigenvalue weighted by molar-refractivity contribution is 9.10. The third-order valence-electron chi connectivity index (χ3n) is 2.18. The number of aliphatic carboxylic acids is 1. The van der Waals surface area contributed by atoms with Gasteiger partial charge in [-0.1, -0.05) is 13.0 Å². The zero-order valence-electron chi connectivity index (χ0n) is 8.39. The van der Waals surface area contributed by atoms with E-state index in [0.717, 1.165) is 12.0 Å². The van der Waals surface area contributed by atoms with Crippen molar-refractivity contribution in [3.63, 3.8) is 0 Å². The first-order valence-corrected chi connectivity index (χ1v) is 5.52. The van der Waals surface area contributed by atoms with Crippen LogP contribution in [0.15, 0.2) is 16.6 Å². The topological polar surface area (TPSA) is 37.3 Å². The number of rotatable bonds is 4. The molecule has 0 bridgehead atoms. The lowest BCUT2D eigenvalue weighted by Crippen LogP contribution is -2.01. The molecule has 0 aliphatic rings. The zero-order chi connectivity index (χ0) is 11.4. The predicted octanol–water partition coefficient (Wildman–Crippen LogP) is 3.17. The van der Waals surface area contributed by atoms with Crippen LogP contribution in [0.5, 0.6) is 0 Å². The van der Waals surface area contributed by atoms with E-state index in [1.54, 1.807) is 12.1 Å². The Bertz CT molecular complexity index is 377. The molecular weight excluding hydrogens is 263 g/mol. The summed E-state index contributed by atoms with van der Waals surface area (Å²) in [5.74, 6) is -1.26. The first kappa shape index (κ1) is 12.2. The van der Waals surface area contributed by atoms with Crippen LogP contribution in [0.4, 0.5) is 4.39 Å². The lowest BCUT2D eigenvalue weighted by Gasteiger charge is -2.06. The molecule has 82 valence electrons. The van der Waals surface area contributed by atoms with Crippen molar-refractivity contribution < 1.29 is 14.3 Å². The van der Waals surface area contributed by atoms with Gasteiger partial charge in [0.05, 0.1) is 4.47 Å². The van der Waals surface area contributed by atoms with Crippen molar-refractivity contribution in [3.8, 4) is 0 Å². The molecule has 0 aliphatic heterocycles. The molecule has 0 aliphatic carbocycles. The van der Waals surface area contributed by atoms with E-state index in [4.69, 9.17) is 5.11 Å². The summed E-state index contributed by atoms with van der Waals surface area (Å²) in [5.41, 5.74) is 1.47. The fourth-order valence-electron chi connectivity index (χ4n) is 1.34. The molecule has 1 aromatic rings. The van der Waals surface area contributed by atoms with Crippen LogP contribution in [0.2, 0.25) is 0 Å². The Balaban J connectivity index is 2.94. The molecular formula is C11H12BrFO2. The summed E-state index contributed by atoms with van der Waals surface area (Å²) in [6, 6.07) is 3.45. The average molecular weight is 275 g/mol. The Morgan fingerprint density at radius 3 is 2.73 bits per heavy atom. The van der Waals surface area contributed by atoms with E-state index in [-0.39, 0.29) is 18.7 Å². The minimum absolute atomic E-state index is 0.0451. The smallest absolute Gasteiger partial charge is 0.303 e. The fraction of sp³-hybridized carbons (Fsp3) is 0.364. The molecule has 4 heteroatoms. The minimum Gasteiger partial charge on any atom is -0.481 e. The highest BCUT2D eigenvalue weighted by Gasteiger charge is 2.09. The van der Waals surface area contributed by atoms with Gasteiger partial charge in [-0.05, 0) is 46.0 Å². The van der Waals surface area contributed by atoms with E-state index in [1.807, 2.05) is 6.92 Å². The quantitative estimate of drug-likeness (QED) is 0.916. The van der Waals surface area contributed by atoms with Crippen LogP contribution >= 0.6 is 15.9 Å². The van der Waals surface area contributed by atoms with Crippen LogP contribution in [0.25, 0.3) is 0 Å². The molecule has 0 heterocycles. The van der Waals surface area contributed by atoms with Crippen molar-refractivity contribution in [2.75, 3.05) is 0 Å². The maximum Gasteiger partial charge on any atom is 0.303 e. The molecule has 0 saturated heterocycles. The minimum atomic E-state index is -0.910. The van der Waals surface area contributed by atoms with Crippen LogP contribution in [0.3, 0.4) is 0 Å². The molecule has 0 saturated carbocycles. The Kier molecular flexibility index (Phi) is 4.27. The Labute approximate surface area is 96.2 Å². The average Bonchev–Trinajstić information content (AvgIpc) is 2.19. The molecule has 1 N–H and O–H groups in total. The van der Waals surface area contributed by atoms with Crippen molar-refractivity contribution in [1.29, 1.82) is 0 Å². The number of carbonyl (C=O) groups is 1. The van der Waals surface area contributed by atoms with E-state index in [9.17, 15) is 9.18 Å². The second kappa shape index (κ2) is 5.26. The maximum absolute atomic E-state index is 13.5. The monoisotopic (exact) mass is 274 g/mol. The van der Waals surface area contributed by atoms with Gasteiger partial charge in [0.1, 0.15) is 5.82 Å². The van der Waals surface area contributed by atoms with Gasteiger partial charge in [-0.2, -0.15) is 0 Å². The van der Waals surface area contributed by atoms with Crippen molar-refractivity contribution in [2.45, 2.75) is 26.2 Å². The van der Waals surface area contributed by atoms with Crippen molar-refractivity contribution in [1.82, 2.24) is 0 Å². The fourth-order valence-corrected chi connectivity index (χ4v) is 1.88. The van der Waals surface area contributed by atoms with E-state index < -0.39 is 5.97 Å². The van der Waals surface area contributed by atoms with Gasteiger partial charge >= 0.3 is 5.97 Å². The summed E-state index contributed by atoms with van der Waals surface area (Å²) in [4.78, 5) is 10.4. The number of halogens is 2. The van der Waals surface area contributed by atoms with Gasteiger partial charge in [-0.15, -0.1) is 0 Å². The van der Waals surface area contributed by atoms with Crippen LogP contribution in [-0.2, 0) is 17.6 Å². The van der Waals surface area contributed by atoms with Crippen LogP contribution in [0.1, 0.15) is 24.5 Å². The van der Waals surface area contributed by atoms with E-state index >= 15 is 0 Å². The van der Waals surface area contributed by atoms with Gasteiger partial charge in [0.25, 0.3) is 0 Å². The maximum atomic E-state index is 13.5. The molecule has 0 spiro atoms. The lowest BCUT2D eigenvalue weighted by atomic mass is 10.0. The van der Waals surface area contributed by atoms with Gasteiger partial charge in [0.2, 0.25) is 0 Å². The van der Waals surface area contributed by atoms with Gasteiger partial charge in [0, 0.05) is 6.42 Å². The van der Waals surface area contributed by atoms with Crippen molar-refractivity contribution in [3.05, 3.63) is 33.5 Å². The van der Waals surface area contributed by atoms with Gasteiger partial charge < -0.3 is 5.11 Å².